The van der Waals surface area contributed by atoms with Gasteiger partial charge in [-0.1, -0.05) is 30.3 Å². The minimum absolute atomic E-state index is 0.0119. The molecule has 0 aromatic heterocycles. The minimum Gasteiger partial charge on any atom is -0.445 e. The van der Waals surface area contributed by atoms with E-state index in [1.807, 2.05) is 30.3 Å². The predicted octanol–water partition coefficient (Wildman–Crippen LogP) is 2.77. The Hall–Kier alpha value is -1.62. The van der Waals surface area contributed by atoms with Crippen LogP contribution in [0.2, 0.25) is 0 Å². The molecule has 1 saturated heterocycles. The molecule has 110 valence electrons. The summed E-state index contributed by atoms with van der Waals surface area (Å²) < 4.78 is 24.4. The van der Waals surface area contributed by atoms with Crippen LogP contribution in [0.15, 0.2) is 30.3 Å². The monoisotopic (exact) mass is 281 g/mol. The summed E-state index contributed by atoms with van der Waals surface area (Å²) in [6, 6.07) is 9.42. The Morgan fingerprint density at radius 2 is 2.15 bits per heavy atom. The largest absolute Gasteiger partial charge is 0.445 e. The van der Waals surface area contributed by atoms with E-state index in [9.17, 15) is 9.18 Å². The van der Waals surface area contributed by atoms with E-state index in [0.717, 1.165) is 5.56 Å². The summed E-state index contributed by atoms with van der Waals surface area (Å²) in [4.78, 5) is 13.3. The summed E-state index contributed by atoms with van der Waals surface area (Å²) in [6.07, 6.45) is -1.22. The van der Waals surface area contributed by atoms with Crippen molar-refractivity contribution < 1.29 is 18.7 Å². The van der Waals surface area contributed by atoms with E-state index >= 15 is 0 Å². The highest BCUT2D eigenvalue weighted by molar-refractivity contribution is 5.67. The van der Waals surface area contributed by atoms with Crippen molar-refractivity contribution in [1.82, 2.24) is 4.90 Å². The Morgan fingerprint density at radius 3 is 2.75 bits per heavy atom. The SMILES string of the molecule is CO[C@]1(C)CCN(C(=O)OCc2ccccc2)C[C@@H]1F. The zero-order chi connectivity index (χ0) is 14.6. The van der Waals surface area contributed by atoms with Gasteiger partial charge in [-0.3, -0.25) is 0 Å². The molecule has 0 N–H and O–H groups in total. The van der Waals surface area contributed by atoms with Gasteiger partial charge in [-0.05, 0) is 18.9 Å². The number of benzene rings is 1. The first-order chi connectivity index (χ1) is 9.55. The number of hydrogen-bond acceptors (Lipinski definition) is 3. The number of carbonyl (C=O) groups is 1. The first-order valence-corrected chi connectivity index (χ1v) is 6.70. The molecule has 1 heterocycles. The molecule has 0 saturated carbocycles. The first kappa shape index (κ1) is 14.8. The molecule has 1 fully saturated rings. The molecule has 0 radical (unpaired) electrons. The van der Waals surface area contributed by atoms with E-state index < -0.39 is 17.9 Å². The van der Waals surface area contributed by atoms with Crippen molar-refractivity contribution in [2.24, 2.45) is 0 Å². The number of ether oxygens (including phenoxy) is 2. The van der Waals surface area contributed by atoms with Crippen molar-refractivity contribution in [3.63, 3.8) is 0 Å². The van der Waals surface area contributed by atoms with Crippen molar-refractivity contribution in [1.29, 1.82) is 0 Å². The second-order valence-corrected chi connectivity index (χ2v) is 5.22. The predicted molar refractivity (Wildman–Crippen MR) is 73.1 cm³/mol. The maximum absolute atomic E-state index is 14.0. The average molecular weight is 281 g/mol. The quantitative estimate of drug-likeness (QED) is 0.855. The minimum atomic E-state index is -1.20. The average Bonchev–Trinajstić information content (AvgIpc) is 2.48. The van der Waals surface area contributed by atoms with Gasteiger partial charge in [0.05, 0.1) is 12.1 Å². The molecule has 2 rings (SSSR count). The van der Waals surface area contributed by atoms with Gasteiger partial charge < -0.3 is 14.4 Å². The summed E-state index contributed by atoms with van der Waals surface area (Å²) >= 11 is 0. The van der Waals surface area contributed by atoms with Crippen LogP contribution in [-0.4, -0.2) is 43.0 Å². The lowest BCUT2D eigenvalue weighted by Gasteiger charge is -2.40. The van der Waals surface area contributed by atoms with E-state index in [0.29, 0.717) is 13.0 Å². The number of nitrogens with zero attached hydrogens (tertiary/aromatic N) is 1. The summed E-state index contributed by atoms with van der Waals surface area (Å²) in [5, 5.41) is 0. The molecule has 1 aromatic rings. The van der Waals surface area contributed by atoms with Crippen molar-refractivity contribution in [2.45, 2.75) is 31.7 Å². The van der Waals surface area contributed by atoms with E-state index in [4.69, 9.17) is 9.47 Å². The topological polar surface area (TPSA) is 38.8 Å². The number of piperidine rings is 1. The van der Waals surface area contributed by atoms with E-state index in [1.54, 1.807) is 6.92 Å². The molecule has 5 heteroatoms. The van der Waals surface area contributed by atoms with Crippen LogP contribution in [0.4, 0.5) is 9.18 Å². The molecular weight excluding hydrogens is 261 g/mol. The first-order valence-electron chi connectivity index (χ1n) is 6.70. The van der Waals surface area contributed by atoms with Crippen LogP contribution in [0.25, 0.3) is 0 Å². The van der Waals surface area contributed by atoms with E-state index in [1.165, 1.54) is 12.0 Å². The number of rotatable bonds is 3. The highest BCUT2D eigenvalue weighted by Gasteiger charge is 2.41. The Morgan fingerprint density at radius 1 is 1.45 bits per heavy atom. The Kier molecular flexibility index (Phi) is 4.60. The summed E-state index contributed by atoms with van der Waals surface area (Å²) in [6.45, 7) is 2.38. The lowest BCUT2D eigenvalue weighted by molar-refractivity contribution is -0.0949. The second-order valence-electron chi connectivity index (χ2n) is 5.22. The highest BCUT2D eigenvalue weighted by atomic mass is 19.1. The Balaban J connectivity index is 1.85. The molecule has 0 aliphatic carbocycles. The molecule has 2 atom stereocenters. The molecule has 1 aliphatic heterocycles. The van der Waals surface area contributed by atoms with Gasteiger partial charge in [0.15, 0.2) is 0 Å². The molecule has 4 nitrogen and oxygen atoms in total. The maximum Gasteiger partial charge on any atom is 0.410 e. The standard InChI is InChI=1S/C15H20FNO3/c1-15(19-2)8-9-17(10-13(15)16)14(18)20-11-12-6-4-3-5-7-12/h3-7,13H,8-11H2,1-2H3/t13-,15+/m0/s1. The fourth-order valence-corrected chi connectivity index (χ4v) is 2.20. The summed E-state index contributed by atoms with van der Waals surface area (Å²) in [7, 11) is 1.50. The molecule has 0 spiro atoms. The van der Waals surface area contributed by atoms with E-state index in [-0.39, 0.29) is 13.2 Å². The zero-order valence-electron chi connectivity index (χ0n) is 11.8. The normalized spacial score (nSPS) is 26.4. The number of likely N-dealkylation sites (tertiary alicyclic amines) is 1. The Bertz CT molecular complexity index is 454. The van der Waals surface area contributed by atoms with Crippen molar-refractivity contribution in [3.05, 3.63) is 35.9 Å². The summed E-state index contributed by atoms with van der Waals surface area (Å²) in [5.74, 6) is 0. The molecule has 1 aromatic carbocycles. The lowest BCUT2D eigenvalue weighted by atomic mass is 9.92. The summed E-state index contributed by atoms with van der Waals surface area (Å²) in [5.41, 5.74) is 0.104. The van der Waals surface area contributed by atoms with Gasteiger partial charge in [-0.15, -0.1) is 0 Å². The number of carbonyl (C=O) groups excluding carboxylic acids is 1. The van der Waals surface area contributed by atoms with Crippen LogP contribution in [-0.2, 0) is 16.1 Å². The molecule has 0 bridgehead atoms. The zero-order valence-corrected chi connectivity index (χ0v) is 11.8. The molecule has 20 heavy (non-hydrogen) atoms. The number of methoxy groups -OCH3 is 1. The highest BCUT2D eigenvalue weighted by Crippen LogP contribution is 2.28. The fourth-order valence-electron chi connectivity index (χ4n) is 2.20. The Labute approximate surface area is 118 Å². The smallest absolute Gasteiger partial charge is 0.410 e. The van der Waals surface area contributed by atoms with Gasteiger partial charge in [0.2, 0.25) is 0 Å². The molecule has 1 amide bonds. The van der Waals surface area contributed by atoms with Crippen LogP contribution < -0.4 is 0 Å². The van der Waals surface area contributed by atoms with Crippen molar-refractivity contribution >= 4 is 6.09 Å². The van der Waals surface area contributed by atoms with Gasteiger partial charge in [0.25, 0.3) is 0 Å². The van der Waals surface area contributed by atoms with Gasteiger partial charge in [0.1, 0.15) is 12.8 Å². The number of hydrogen-bond donors (Lipinski definition) is 0. The van der Waals surface area contributed by atoms with Crippen LogP contribution in [0, 0.1) is 0 Å². The van der Waals surface area contributed by atoms with Crippen LogP contribution in [0.1, 0.15) is 18.9 Å². The van der Waals surface area contributed by atoms with Crippen molar-refractivity contribution in [3.8, 4) is 0 Å². The third-order valence-electron chi connectivity index (χ3n) is 3.85. The van der Waals surface area contributed by atoms with Crippen LogP contribution in [0.5, 0.6) is 0 Å². The van der Waals surface area contributed by atoms with E-state index in [2.05, 4.69) is 0 Å². The molecular formula is C15H20FNO3. The number of alkyl halides is 1. The van der Waals surface area contributed by atoms with Crippen molar-refractivity contribution in [2.75, 3.05) is 20.2 Å². The van der Waals surface area contributed by atoms with Crippen LogP contribution >= 0.6 is 0 Å². The van der Waals surface area contributed by atoms with Crippen LogP contribution in [0.3, 0.4) is 0 Å². The maximum atomic E-state index is 14.0. The molecule has 0 unspecified atom stereocenters. The fraction of sp³-hybridized carbons (Fsp3) is 0.533. The van der Waals surface area contributed by atoms with Gasteiger partial charge in [0, 0.05) is 13.7 Å². The van der Waals surface area contributed by atoms with Gasteiger partial charge in [-0.25, -0.2) is 9.18 Å². The second kappa shape index (κ2) is 6.22. The third kappa shape index (κ3) is 3.28. The third-order valence-corrected chi connectivity index (χ3v) is 3.85. The number of halogens is 1. The van der Waals surface area contributed by atoms with Gasteiger partial charge in [-0.2, -0.15) is 0 Å². The number of amides is 1. The molecule has 1 aliphatic rings. The van der Waals surface area contributed by atoms with Gasteiger partial charge >= 0.3 is 6.09 Å². The lowest BCUT2D eigenvalue weighted by Crippen LogP contribution is -2.54.